The first kappa shape index (κ1) is 16.3. The first-order valence-corrected chi connectivity index (χ1v) is 7.19. The number of nitrogens with one attached hydrogen (secondary N) is 1. The van der Waals surface area contributed by atoms with Crippen molar-refractivity contribution in [3.63, 3.8) is 0 Å². The monoisotopic (exact) mass is 331 g/mol. The van der Waals surface area contributed by atoms with E-state index in [0.29, 0.717) is 19.0 Å². The molecule has 1 aromatic heterocycles. The third-order valence-corrected chi connectivity index (χ3v) is 3.42. The molecule has 0 amide bonds. The number of rotatable bonds is 7. The molecule has 6 heteroatoms. The van der Waals surface area contributed by atoms with Crippen molar-refractivity contribution in [1.29, 1.82) is 0 Å². The molecule has 0 aliphatic heterocycles. The lowest BCUT2D eigenvalue weighted by Gasteiger charge is -2.24. The van der Waals surface area contributed by atoms with Gasteiger partial charge in [0.15, 0.2) is 5.82 Å². The van der Waals surface area contributed by atoms with Crippen molar-refractivity contribution in [2.24, 2.45) is 0 Å². The van der Waals surface area contributed by atoms with E-state index < -0.39 is 5.60 Å². The highest BCUT2D eigenvalue weighted by molar-refractivity contribution is 9.10. The second-order valence-corrected chi connectivity index (χ2v) is 5.36. The molecule has 0 radical (unpaired) electrons. The molecule has 5 nitrogen and oxygen atoms in total. The number of anilines is 1. The molecule has 19 heavy (non-hydrogen) atoms. The zero-order valence-electron chi connectivity index (χ0n) is 12.2. The van der Waals surface area contributed by atoms with E-state index in [2.05, 4.69) is 31.2 Å². The van der Waals surface area contributed by atoms with E-state index in [1.54, 1.807) is 7.11 Å². The van der Waals surface area contributed by atoms with Crippen molar-refractivity contribution in [3.8, 4) is 0 Å². The zero-order valence-corrected chi connectivity index (χ0v) is 13.8. The van der Waals surface area contributed by atoms with Crippen LogP contribution in [0.25, 0.3) is 0 Å². The molecule has 0 fully saturated rings. The van der Waals surface area contributed by atoms with Crippen molar-refractivity contribution in [2.45, 2.75) is 39.9 Å². The number of ether oxygens (including phenoxy) is 2. The van der Waals surface area contributed by atoms with E-state index in [1.165, 1.54) is 0 Å². The number of halogens is 1. The molecule has 0 aliphatic rings. The smallest absolute Gasteiger partial charge is 0.162 e. The maximum absolute atomic E-state index is 5.71. The van der Waals surface area contributed by atoms with Gasteiger partial charge in [0.2, 0.25) is 0 Å². The third-order valence-electron chi connectivity index (χ3n) is 2.59. The summed E-state index contributed by atoms with van der Waals surface area (Å²) in [6.45, 7) is 9.74. The number of aromatic nitrogens is 2. The molecule has 0 saturated carbocycles. The van der Waals surface area contributed by atoms with Gasteiger partial charge in [-0.3, -0.25) is 0 Å². The van der Waals surface area contributed by atoms with Gasteiger partial charge in [0.25, 0.3) is 0 Å². The van der Waals surface area contributed by atoms with Crippen LogP contribution >= 0.6 is 15.9 Å². The van der Waals surface area contributed by atoms with Gasteiger partial charge in [-0.2, -0.15) is 0 Å². The number of hydrogen-bond acceptors (Lipinski definition) is 5. The summed E-state index contributed by atoms with van der Waals surface area (Å²) in [6, 6.07) is 0. The van der Waals surface area contributed by atoms with Gasteiger partial charge >= 0.3 is 0 Å². The summed E-state index contributed by atoms with van der Waals surface area (Å²) < 4.78 is 11.7. The van der Waals surface area contributed by atoms with Gasteiger partial charge in [0.1, 0.15) is 11.4 Å². The first-order chi connectivity index (χ1) is 8.96. The summed E-state index contributed by atoms with van der Waals surface area (Å²) in [5, 5.41) is 3.22. The van der Waals surface area contributed by atoms with Gasteiger partial charge in [-0.25, -0.2) is 9.97 Å². The van der Waals surface area contributed by atoms with Crippen molar-refractivity contribution in [1.82, 2.24) is 9.97 Å². The average molecular weight is 332 g/mol. The number of methoxy groups -OCH3 is 1. The Morgan fingerprint density at radius 2 is 1.95 bits per heavy atom. The normalized spacial score (nSPS) is 11.7. The quantitative estimate of drug-likeness (QED) is 0.831. The molecular weight excluding hydrogens is 310 g/mol. The molecule has 108 valence electrons. The Balaban J connectivity index is 3.24. The predicted molar refractivity (Wildman–Crippen MR) is 79.3 cm³/mol. The van der Waals surface area contributed by atoms with Crippen LogP contribution in [0.5, 0.6) is 0 Å². The number of nitrogens with zero attached hydrogens (tertiary/aromatic N) is 2. The fourth-order valence-electron chi connectivity index (χ4n) is 1.71. The maximum atomic E-state index is 5.71. The maximum Gasteiger partial charge on any atom is 0.162 e. The second-order valence-electron chi connectivity index (χ2n) is 4.56. The van der Waals surface area contributed by atoms with Crippen molar-refractivity contribution in [2.75, 3.05) is 25.6 Å². The van der Waals surface area contributed by atoms with Gasteiger partial charge in [-0.15, -0.1) is 0 Å². The summed E-state index contributed by atoms with van der Waals surface area (Å²) in [7, 11) is 1.65. The van der Waals surface area contributed by atoms with Gasteiger partial charge < -0.3 is 14.8 Å². The Bertz CT molecular complexity index is 397. The standard InChI is InChI=1S/C13H22BrN3O2/c1-6-15-11-10(14)9(8-18-5)16-12(17-11)13(3,4)19-7-2/h6-8H2,1-5H3,(H,15,16,17). The molecule has 0 saturated heterocycles. The summed E-state index contributed by atoms with van der Waals surface area (Å²) in [4.78, 5) is 9.09. The first-order valence-electron chi connectivity index (χ1n) is 6.39. The van der Waals surface area contributed by atoms with Gasteiger partial charge in [0, 0.05) is 20.3 Å². The lowest BCUT2D eigenvalue weighted by atomic mass is 10.1. The highest BCUT2D eigenvalue weighted by Crippen LogP contribution is 2.29. The van der Waals surface area contributed by atoms with E-state index in [-0.39, 0.29) is 0 Å². The van der Waals surface area contributed by atoms with Gasteiger partial charge in [0.05, 0.1) is 16.8 Å². The van der Waals surface area contributed by atoms with E-state index in [1.807, 2.05) is 27.7 Å². The minimum absolute atomic E-state index is 0.427. The fraction of sp³-hybridized carbons (Fsp3) is 0.692. The second kappa shape index (κ2) is 7.17. The van der Waals surface area contributed by atoms with Crippen LogP contribution in [0.15, 0.2) is 4.47 Å². The Kier molecular flexibility index (Phi) is 6.16. The van der Waals surface area contributed by atoms with Crippen LogP contribution in [0.4, 0.5) is 5.82 Å². The molecule has 0 bridgehead atoms. The Labute approximate surface area is 123 Å². The van der Waals surface area contributed by atoms with Crippen molar-refractivity contribution >= 4 is 21.7 Å². The molecule has 1 heterocycles. The molecule has 0 aromatic carbocycles. The number of hydrogen-bond donors (Lipinski definition) is 1. The van der Waals surface area contributed by atoms with Crippen LogP contribution in [0.2, 0.25) is 0 Å². The summed E-state index contributed by atoms with van der Waals surface area (Å²) in [5.74, 6) is 1.42. The molecule has 0 unspecified atom stereocenters. The van der Waals surface area contributed by atoms with Crippen LogP contribution in [-0.4, -0.2) is 30.2 Å². The highest BCUT2D eigenvalue weighted by Gasteiger charge is 2.26. The molecule has 0 spiro atoms. The van der Waals surface area contributed by atoms with Crippen LogP contribution in [0.3, 0.4) is 0 Å². The van der Waals surface area contributed by atoms with Crippen LogP contribution in [-0.2, 0) is 21.7 Å². The Morgan fingerprint density at radius 3 is 2.47 bits per heavy atom. The van der Waals surface area contributed by atoms with Crippen molar-refractivity contribution in [3.05, 3.63) is 16.0 Å². The topological polar surface area (TPSA) is 56.3 Å². The van der Waals surface area contributed by atoms with Crippen LogP contribution in [0.1, 0.15) is 39.2 Å². The lowest BCUT2D eigenvalue weighted by Crippen LogP contribution is -2.26. The highest BCUT2D eigenvalue weighted by atomic mass is 79.9. The Hall–Kier alpha value is -0.720. The Morgan fingerprint density at radius 1 is 1.26 bits per heavy atom. The van der Waals surface area contributed by atoms with Gasteiger partial charge in [-0.1, -0.05) is 0 Å². The SMILES string of the molecule is CCNc1nc(C(C)(C)OCC)nc(COC)c1Br. The molecule has 1 rings (SSSR count). The zero-order chi connectivity index (χ0) is 14.5. The van der Waals surface area contributed by atoms with Gasteiger partial charge in [-0.05, 0) is 43.6 Å². The van der Waals surface area contributed by atoms with E-state index in [9.17, 15) is 0 Å². The molecule has 0 aliphatic carbocycles. The van der Waals surface area contributed by atoms with E-state index in [4.69, 9.17) is 9.47 Å². The van der Waals surface area contributed by atoms with E-state index >= 15 is 0 Å². The molecule has 1 N–H and O–H groups in total. The molecule has 1 aromatic rings. The summed E-state index contributed by atoms with van der Waals surface area (Å²) in [6.07, 6.45) is 0. The molecular formula is C13H22BrN3O2. The lowest BCUT2D eigenvalue weighted by molar-refractivity contribution is -0.0211. The minimum Gasteiger partial charge on any atom is -0.378 e. The summed E-state index contributed by atoms with van der Waals surface area (Å²) in [5.41, 5.74) is 0.290. The summed E-state index contributed by atoms with van der Waals surface area (Å²) >= 11 is 3.51. The predicted octanol–water partition coefficient (Wildman–Crippen LogP) is 3.09. The minimum atomic E-state index is -0.526. The molecule has 0 atom stereocenters. The van der Waals surface area contributed by atoms with Crippen LogP contribution in [0, 0.1) is 0 Å². The average Bonchev–Trinajstić information content (AvgIpc) is 2.34. The van der Waals surface area contributed by atoms with Crippen molar-refractivity contribution < 1.29 is 9.47 Å². The fourth-order valence-corrected chi connectivity index (χ4v) is 2.14. The van der Waals surface area contributed by atoms with E-state index in [0.717, 1.165) is 22.5 Å². The largest absolute Gasteiger partial charge is 0.378 e. The third kappa shape index (κ3) is 4.12. The van der Waals surface area contributed by atoms with Crippen LogP contribution < -0.4 is 5.32 Å².